The monoisotopic (exact) mass is 291 g/mol. The van der Waals surface area contributed by atoms with Crippen LogP contribution in [0.2, 0.25) is 0 Å². The van der Waals surface area contributed by atoms with E-state index in [2.05, 4.69) is 10.3 Å². The third kappa shape index (κ3) is 2.67. The lowest BCUT2D eigenvalue weighted by molar-refractivity contribution is 0.320. The van der Waals surface area contributed by atoms with Crippen LogP contribution in [-0.4, -0.2) is 37.9 Å². The number of nitrogens with one attached hydrogen (secondary N) is 1. The van der Waals surface area contributed by atoms with Gasteiger partial charge in [-0.05, 0) is 19.2 Å². The van der Waals surface area contributed by atoms with Crippen molar-refractivity contribution in [2.75, 3.05) is 28.4 Å². The summed E-state index contributed by atoms with van der Waals surface area (Å²) < 4.78 is 18.3. The second kappa shape index (κ2) is 6.49. The van der Waals surface area contributed by atoms with Crippen LogP contribution in [0.15, 0.2) is 24.5 Å². The van der Waals surface area contributed by atoms with E-state index >= 15 is 0 Å². The van der Waals surface area contributed by atoms with E-state index in [1.54, 1.807) is 27.5 Å². The van der Waals surface area contributed by atoms with Crippen molar-refractivity contribution < 1.29 is 14.2 Å². The molecule has 1 unspecified atom stereocenters. The van der Waals surface area contributed by atoms with Gasteiger partial charge in [-0.15, -0.1) is 0 Å². The number of rotatable bonds is 6. The molecule has 0 saturated heterocycles. The van der Waals surface area contributed by atoms with Crippen LogP contribution >= 0.6 is 0 Å². The molecule has 0 spiro atoms. The van der Waals surface area contributed by atoms with E-state index in [0.717, 1.165) is 11.4 Å². The molecule has 6 heteroatoms. The molecule has 0 aliphatic rings. The summed E-state index contributed by atoms with van der Waals surface area (Å²) in [5.74, 6) is 2.74. The number of methoxy groups -OCH3 is 3. The maximum Gasteiger partial charge on any atom is 0.203 e. The van der Waals surface area contributed by atoms with Crippen LogP contribution in [0, 0.1) is 0 Å². The van der Waals surface area contributed by atoms with Gasteiger partial charge in [0.15, 0.2) is 11.5 Å². The zero-order valence-corrected chi connectivity index (χ0v) is 13.0. The number of aromatic nitrogens is 2. The zero-order chi connectivity index (χ0) is 15.4. The fourth-order valence-electron chi connectivity index (χ4n) is 2.43. The third-order valence-electron chi connectivity index (χ3n) is 3.45. The van der Waals surface area contributed by atoms with Gasteiger partial charge in [0.2, 0.25) is 5.75 Å². The number of hydrogen-bond acceptors (Lipinski definition) is 5. The smallest absolute Gasteiger partial charge is 0.203 e. The molecule has 6 nitrogen and oxygen atoms in total. The van der Waals surface area contributed by atoms with Gasteiger partial charge in [-0.3, -0.25) is 0 Å². The van der Waals surface area contributed by atoms with Crippen molar-refractivity contribution >= 4 is 0 Å². The molecule has 1 aromatic carbocycles. The summed E-state index contributed by atoms with van der Waals surface area (Å²) in [6.07, 6.45) is 3.68. The predicted molar refractivity (Wildman–Crippen MR) is 80.2 cm³/mol. The maximum atomic E-state index is 5.55. The first-order chi connectivity index (χ1) is 10.2. The van der Waals surface area contributed by atoms with E-state index < -0.39 is 0 Å². The predicted octanol–water partition coefficient (Wildman–Crippen LogP) is 1.75. The number of benzene rings is 1. The molecule has 1 N–H and O–H groups in total. The summed E-state index contributed by atoms with van der Waals surface area (Å²) in [5.41, 5.74) is 0.937. The SMILES string of the molecule is CNC(c1ccc(OC)c(OC)c1OC)c1nccn1C. The van der Waals surface area contributed by atoms with Crippen LogP contribution in [0.1, 0.15) is 17.4 Å². The Labute approximate surface area is 124 Å². The van der Waals surface area contributed by atoms with Gasteiger partial charge in [0, 0.05) is 25.0 Å². The number of hydrogen-bond donors (Lipinski definition) is 1. The van der Waals surface area contributed by atoms with Crippen LogP contribution in [0.4, 0.5) is 0 Å². The molecule has 0 bridgehead atoms. The van der Waals surface area contributed by atoms with E-state index in [4.69, 9.17) is 14.2 Å². The first-order valence-corrected chi connectivity index (χ1v) is 6.61. The minimum atomic E-state index is -0.111. The minimum Gasteiger partial charge on any atom is -0.493 e. The fraction of sp³-hybridized carbons (Fsp3) is 0.400. The summed E-state index contributed by atoms with van der Waals surface area (Å²) in [5, 5.41) is 3.27. The molecule has 0 fully saturated rings. The van der Waals surface area contributed by atoms with E-state index in [-0.39, 0.29) is 6.04 Å². The van der Waals surface area contributed by atoms with Crippen molar-refractivity contribution in [1.82, 2.24) is 14.9 Å². The highest BCUT2D eigenvalue weighted by Gasteiger charge is 2.24. The van der Waals surface area contributed by atoms with E-state index in [9.17, 15) is 0 Å². The molecule has 0 amide bonds. The Balaban J connectivity index is 2.59. The molecule has 2 aromatic rings. The van der Waals surface area contributed by atoms with Crippen molar-refractivity contribution in [2.45, 2.75) is 6.04 Å². The summed E-state index contributed by atoms with van der Waals surface area (Å²) in [7, 11) is 8.66. The van der Waals surface area contributed by atoms with Crippen molar-refractivity contribution in [3.8, 4) is 17.2 Å². The summed E-state index contributed by atoms with van der Waals surface area (Å²) in [4.78, 5) is 4.41. The first-order valence-electron chi connectivity index (χ1n) is 6.61. The third-order valence-corrected chi connectivity index (χ3v) is 3.45. The quantitative estimate of drug-likeness (QED) is 0.879. The number of nitrogens with zero attached hydrogens (tertiary/aromatic N) is 2. The van der Waals surface area contributed by atoms with Crippen LogP contribution in [0.3, 0.4) is 0 Å². The Morgan fingerprint density at radius 3 is 2.29 bits per heavy atom. The summed E-state index contributed by atoms with van der Waals surface area (Å²) >= 11 is 0. The molecular formula is C15H21N3O3. The maximum absolute atomic E-state index is 5.55. The Morgan fingerprint density at radius 2 is 1.81 bits per heavy atom. The average Bonchev–Trinajstić information content (AvgIpc) is 2.93. The van der Waals surface area contributed by atoms with Crippen LogP contribution in [-0.2, 0) is 7.05 Å². The highest BCUT2D eigenvalue weighted by Crippen LogP contribution is 2.43. The van der Waals surface area contributed by atoms with Gasteiger partial charge >= 0.3 is 0 Å². The Morgan fingerprint density at radius 1 is 1.10 bits per heavy atom. The topological polar surface area (TPSA) is 57.5 Å². The molecule has 0 aliphatic carbocycles. The van der Waals surface area contributed by atoms with Crippen molar-refractivity contribution in [3.05, 3.63) is 35.9 Å². The molecule has 1 atom stereocenters. The fourth-order valence-corrected chi connectivity index (χ4v) is 2.43. The molecular weight excluding hydrogens is 270 g/mol. The van der Waals surface area contributed by atoms with E-state index in [0.29, 0.717) is 17.2 Å². The first kappa shape index (κ1) is 15.2. The highest BCUT2D eigenvalue weighted by atomic mass is 16.5. The second-order valence-corrected chi connectivity index (χ2v) is 4.54. The molecule has 0 radical (unpaired) electrons. The molecule has 0 aliphatic heterocycles. The van der Waals surface area contributed by atoms with Gasteiger partial charge in [-0.25, -0.2) is 4.98 Å². The molecule has 114 valence electrons. The minimum absolute atomic E-state index is 0.111. The van der Waals surface area contributed by atoms with Crippen molar-refractivity contribution in [2.24, 2.45) is 7.05 Å². The Hall–Kier alpha value is -2.21. The van der Waals surface area contributed by atoms with Gasteiger partial charge < -0.3 is 24.1 Å². The Bertz CT molecular complexity index is 610. The molecule has 1 heterocycles. The average molecular weight is 291 g/mol. The number of aryl methyl sites for hydroxylation is 1. The molecule has 21 heavy (non-hydrogen) atoms. The largest absolute Gasteiger partial charge is 0.493 e. The standard InChI is InChI=1S/C15H21N3O3/c1-16-12(15-17-8-9-18(15)2)10-6-7-11(19-3)14(21-5)13(10)20-4/h6-9,12,16H,1-5H3. The van der Waals surface area contributed by atoms with Gasteiger partial charge in [0.1, 0.15) is 5.82 Å². The lowest BCUT2D eigenvalue weighted by Crippen LogP contribution is -2.22. The van der Waals surface area contributed by atoms with Gasteiger partial charge in [-0.2, -0.15) is 0 Å². The number of ether oxygens (including phenoxy) is 3. The zero-order valence-electron chi connectivity index (χ0n) is 13.0. The van der Waals surface area contributed by atoms with Crippen LogP contribution in [0.25, 0.3) is 0 Å². The molecule has 2 rings (SSSR count). The van der Waals surface area contributed by atoms with Crippen molar-refractivity contribution in [1.29, 1.82) is 0 Å². The lowest BCUT2D eigenvalue weighted by Gasteiger charge is -2.21. The van der Waals surface area contributed by atoms with E-state index in [1.165, 1.54) is 0 Å². The lowest BCUT2D eigenvalue weighted by atomic mass is 10.0. The number of imidazole rings is 1. The summed E-state index contributed by atoms with van der Waals surface area (Å²) in [6, 6.07) is 3.71. The van der Waals surface area contributed by atoms with Gasteiger partial charge in [0.25, 0.3) is 0 Å². The van der Waals surface area contributed by atoms with Crippen LogP contribution < -0.4 is 19.5 Å². The normalized spacial score (nSPS) is 12.0. The highest BCUT2D eigenvalue weighted by molar-refractivity contribution is 5.57. The van der Waals surface area contributed by atoms with Crippen LogP contribution in [0.5, 0.6) is 17.2 Å². The van der Waals surface area contributed by atoms with Gasteiger partial charge in [0.05, 0.1) is 27.4 Å². The van der Waals surface area contributed by atoms with E-state index in [1.807, 2.05) is 37.0 Å². The van der Waals surface area contributed by atoms with Crippen molar-refractivity contribution in [3.63, 3.8) is 0 Å². The van der Waals surface area contributed by atoms with Gasteiger partial charge in [-0.1, -0.05) is 0 Å². The Kier molecular flexibility index (Phi) is 4.70. The summed E-state index contributed by atoms with van der Waals surface area (Å²) in [6.45, 7) is 0. The second-order valence-electron chi connectivity index (χ2n) is 4.54. The molecule has 0 saturated carbocycles. The molecule has 1 aromatic heterocycles.